The number of aromatic nitrogens is 1. The van der Waals surface area contributed by atoms with Crippen LogP contribution in [0.5, 0.6) is 0 Å². The lowest BCUT2D eigenvalue weighted by atomic mass is 10.1. The van der Waals surface area contributed by atoms with Crippen LogP contribution in [0, 0.1) is 0 Å². The summed E-state index contributed by atoms with van der Waals surface area (Å²) in [6, 6.07) is 17.5. The van der Waals surface area contributed by atoms with E-state index in [2.05, 4.69) is 16.8 Å². The number of rotatable bonds is 5. The summed E-state index contributed by atoms with van der Waals surface area (Å²) in [5, 5.41) is 2.94. The standard InChI is InChI=1S/C24H23N3O2S/c1-25-10-12-26(13-11-25)16-22(28)18-15-21(24(29)23-7-4-14-30-23)27-19-6-3-2-5-17(19)8-9-20(18)27/h2-9,14-15H,10-13,16H2,1H3. The fourth-order valence-electron chi connectivity index (χ4n) is 4.17. The number of benzene rings is 1. The quantitative estimate of drug-likeness (QED) is 0.463. The van der Waals surface area contributed by atoms with Crippen LogP contribution < -0.4 is 0 Å². The lowest BCUT2D eigenvalue weighted by Gasteiger charge is -2.31. The monoisotopic (exact) mass is 417 g/mol. The third-order valence-corrected chi connectivity index (χ3v) is 6.75. The van der Waals surface area contributed by atoms with Gasteiger partial charge in [-0.05, 0) is 42.1 Å². The second-order valence-electron chi connectivity index (χ2n) is 7.87. The maximum atomic E-state index is 13.3. The normalized spacial score (nSPS) is 15.8. The highest BCUT2D eigenvalue weighted by atomic mass is 32.1. The van der Waals surface area contributed by atoms with Gasteiger partial charge in [-0.1, -0.05) is 30.3 Å². The second kappa shape index (κ2) is 7.80. The number of carbonyl (C=O) groups excluding carboxylic acids is 2. The first-order valence-electron chi connectivity index (χ1n) is 10.2. The molecule has 0 bridgehead atoms. The highest BCUT2D eigenvalue weighted by Crippen LogP contribution is 2.27. The van der Waals surface area contributed by atoms with Crippen LogP contribution in [0.4, 0.5) is 0 Å². The van der Waals surface area contributed by atoms with Crippen LogP contribution >= 0.6 is 11.3 Å². The summed E-state index contributed by atoms with van der Waals surface area (Å²) in [4.78, 5) is 31.7. The number of hydrogen-bond acceptors (Lipinski definition) is 5. The fraction of sp³-hybridized carbons (Fsp3) is 0.250. The predicted molar refractivity (Wildman–Crippen MR) is 121 cm³/mol. The number of nitrogens with zero attached hydrogens (tertiary/aromatic N) is 3. The van der Waals surface area contributed by atoms with Gasteiger partial charge in [0.2, 0.25) is 5.78 Å². The average molecular weight is 418 g/mol. The zero-order chi connectivity index (χ0) is 20.7. The van der Waals surface area contributed by atoms with Crippen LogP contribution in [0.2, 0.25) is 0 Å². The number of ketones is 2. The molecular weight excluding hydrogens is 394 g/mol. The van der Waals surface area contributed by atoms with Gasteiger partial charge >= 0.3 is 0 Å². The van der Waals surface area contributed by atoms with Gasteiger partial charge in [0.25, 0.3) is 0 Å². The average Bonchev–Trinajstić information content (AvgIpc) is 3.43. The first-order valence-corrected chi connectivity index (χ1v) is 11.1. The van der Waals surface area contributed by atoms with Crippen LogP contribution in [0.3, 0.4) is 0 Å². The summed E-state index contributed by atoms with van der Waals surface area (Å²) in [5.41, 5.74) is 2.91. The SMILES string of the molecule is CN1CCN(CC(=O)c2cc(C(=O)c3cccs3)n3c2ccc2ccccc23)CC1. The first-order chi connectivity index (χ1) is 14.6. The molecule has 3 aromatic heterocycles. The van der Waals surface area contributed by atoms with Gasteiger partial charge in [-0.2, -0.15) is 0 Å². The van der Waals surface area contributed by atoms with Crippen LogP contribution in [0.25, 0.3) is 16.4 Å². The van der Waals surface area contributed by atoms with Crippen molar-refractivity contribution in [3.8, 4) is 0 Å². The molecule has 30 heavy (non-hydrogen) atoms. The zero-order valence-corrected chi connectivity index (χ0v) is 17.7. The van der Waals surface area contributed by atoms with Crippen molar-refractivity contribution >= 4 is 39.3 Å². The molecular formula is C24H23N3O2S. The van der Waals surface area contributed by atoms with Crippen molar-refractivity contribution in [2.75, 3.05) is 39.8 Å². The third kappa shape index (κ3) is 3.37. The van der Waals surface area contributed by atoms with Crippen molar-refractivity contribution in [3.05, 3.63) is 76.1 Å². The van der Waals surface area contributed by atoms with E-state index >= 15 is 0 Å². The van der Waals surface area contributed by atoms with E-state index in [9.17, 15) is 9.59 Å². The minimum Gasteiger partial charge on any atom is -0.305 e. The Morgan fingerprint density at radius 1 is 0.933 bits per heavy atom. The van der Waals surface area contributed by atoms with Crippen molar-refractivity contribution in [2.45, 2.75) is 0 Å². The van der Waals surface area contributed by atoms with Gasteiger partial charge < -0.3 is 9.30 Å². The molecule has 0 radical (unpaired) electrons. The van der Waals surface area contributed by atoms with E-state index in [1.165, 1.54) is 11.3 Å². The molecule has 1 aliphatic rings. The Hall–Kier alpha value is -2.80. The Kier molecular flexibility index (Phi) is 4.98. The number of fused-ring (bicyclic) bond motifs is 3. The van der Waals surface area contributed by atoms with E-state index in [4.69, 9.17) is 0 Å². The molecule has 1 aliphatic heterocycles. The van der Waals surface area contributed by atoms with Crippen molar-refractivity contribution in [3.63, 3.8) is 0 Å². The van der Waals surface area contributed by atoms with Crippen molar-refractivity contribution < 1.29 is 9.59 Å². The Morgan fingerprint density at radius 3 is 2.50 bits per heavy atom. The number of carbonyl (C=O) groups is 2. The highest BCUT2D eigenvalue weighted by Gasteiger charge is 2.24. The Morgan fingerprint density at radius 2 is 1.73 bits per heavy atom. The zero-order valence-electron chi connectivity index (χ0n) is 16.9. The molecule has 0 amide bonds. The lowest BCUT2D eigenvalue weighted by molar-refractivity contribution is 0.0878. The lowest BCUT2D eigenvalue weighted by Crippen LogP contribution is -2.46. The van der Waals surface area contributed by atoms with Crippen molar-refractivity contribution in [2.24, 2.45) is 0 Å². The van der Waals surface area contributed by atoms with E-state index in [1.54, 1.807) is 6.07 Å². The number of Topliss-reactive ketones (excluding diaryl/α,β-unsaturated/α-hetero) is 1. The Labute approximate surface area is 179 Å². The summed E-state index contributed by atoms with van der Waals surface area (Å²) >= 11 is 1.43. The molecule has 5 nitrogen and oxygen atoms in total. The molecule has 0 N–H and O–H groups in total. The number of piperazine rings is 1. The summed E-state index contributed by atoms with van der Waals surface area (Å²) in [7, 11) is 2.11. The predicted octanol–water partition coefficient (Wildman–Crippen LogP) is 3.82. The summed E-state index contributed by atoms with van der Waals surface area (Å²) < 4.78 is 1.95. The number of pyridine rings is 1. The van der Waals surface area contributed by atoms with Crippen molar-refractivity contribution in [1.82, 2.24) is 14.2 Å². The minimum absolute atomic E-state index is 0.0463. The van der Waals surface area contributed by atoms with Crippen LogP contribution in [0.1, 0.15) is 25.7 Å². The fourth-order valence-corrected chi connectivity index (χ4v) is 4.84. The van der Waals surface area contributed by atoms with Crippen LogP contribution in [-0.4, -0.2) is 65.5 Å². The molecule has 0 atom stereocenters. The van der Waals surface area contributed by atoms with Gasteiger partial charge in [0.15, 0.2) is 5.78 Å². The number of likely N-dealkylation sites (N-methyl/N-ethyl adjacent to an activating group) is 1. The third-order valence-electron chi connectivity index (χ3n) is 5.88. The summed E-state index contributed by atoms with van der Waals surface area (Å²) in [6.45, 7) is 4.09. The van der Waals surface area contributed by atoms with Gasteiger partial charge in [-0.15, -0.1) is 11.3 Å². The molecule has 4 aromatic rings. The Balaban J connectivity index is 1.61. The Bertz CT molecular complexity index is 1230. The van der Waals surface area contributed by atoms with Gasteiger partial charge in [0.05, 0.1) is 28.1 Å². The van der Waals surface area contributed by atoms with Gasteiger partial charge in [0, 0.05) is 31.7 Å². The van der Waals surface area contributed by atoms with E-state index in [1.807, 2.05) is 58.3 Å². The van der Waals surface area contributed by atoms with E-state index in [-0.39, 0.29) is 11.6 Å². The second-order valence-corrected chi connectivity index (χ2v) is 8.81. The molecule has 0 unspecified atom stereocenters. The van der Waals surface area contributed by atoms with E-state index in [0.29, 0.717) is 22.7 Å². The van der Waals surface area contributed by atoms with Gasteiger partial charge in [-0.25, -0.2) is 0 Å². The van der Waals surface area contributed by atoms with Gasteiger partial charge in [-0.3, -0.25) is 14.5 Å². The molecule has 0 aliphatic carbocycles. The van der Waals surface area contributed by atoms with Crippen LogP contribution in [-0.2, 0) is 0 Å². The summed E-state index contributed by atoms with van der Waals surface area (Å²) in [5.74, 6) is 0.0209. The molecule has 6 heteroatoms. The van der Waals surface area contributed by atoms with Crippen molar-refractivity contribution in [1.29, 1.82) is 0 Å². The van der Waals surface area contributed by atoms with Crippen LogP contribution in [0.15, 0.2) is 60.0 Å². The maximum absolute atomic E-state index is 13.3. The highest BCUT2D eigenvalue weighted by molar-refractivity contribution is 7.12. The number of hydrogen-bond donors (Lipinski definition) is 0. The smallest absolute Gasteiger partial charge is 0.219 e. The number of thiophene rings is 1. The first kappa shape index (κ1) is 19.2. The van der Waals surface area contributed by atoms with E-state index < -0.39 is 0 Å². The largest absolute Gasteiger partial charge is 0.305 e. The molecule has 152 valence electrons. The molecule has 5 rings (SSSR count). The molecule has 1 aromatic carbocycles. The molecule has 1 fully saturated rings. The van der Waals surface area contributed by atoms with Gasteiger partial charge in [0.1, 0.15) is 0 Å². The van der Waals surface area contributed by atoms with E-state index in [0.717, 1.165) is 42.6 Å². The molecule has 0 spiro atoms. The molecule has 1 saturated heterocycles. The number of para-hydroxylation sites is 1. The maximum Gasteiger partial charge on any atom is 0.219 e. The molecule has 0 saturated carbocycles. The topological polar surface area (TPSA) is 45.0 Å². The molecule has 4 heterocycles. The summed E-state index contributed by atoms with van der Waals surface area (Å²) in [6.07, 6.45) is 0. The minimum atomic E-state index is -0.0463.